The van der Waals surface area contributed by atoms with Gasteiger partial charge >= 0.3 is 0 Å². The second kappa shape index (κ2) is 4.47. The van der Waals surface area contributed by atoms with E-state index in [2.05, 4.69) is 27.3 Å². The summed E-state index contributed by atoms with van der Waals surface area (Å²) in [7, 11) is 0. The summed E-state index contributed by atoms with van der Waals surface area (Å²) in [6.45, 7) is 8.11. The maximum Gasteiger partial charge on any atom is 0.104 e. The molecule has 0 spiro atoms. The zero-order valence-electron chi connectivity index (χ0n) is 9.61. The van der Waals surface area contributed by atoms with Crippen LogP contribution in [0.15, 0.2) is 23.5 Å². The minimum atomic E-state index is 0.861. The van der Waals surface area contributed by atoms with Crippen LogP contribution in [0.1, 0.15) is 0 Å². The Morgan fingerprint density at radius 3 is 2.81 bits per heavy atom. The Balaban J connectivity index is 1.78. The largest absolute Gasteiger partial charge is 0.378 e. The second-order valence-corrected chi connectivity index (χ2v) is 4.55. The van der Waals surface area contributed by atoms with Gasteiger partial charge in [-0.05, 0) is 11.6 Å². The molecular weight excluding hydrogens is 202 g/mol. The van der Waals surface area contributed by atoms with Crippen molar-refractivity contribution in [1.82, 2.24) is 15.1 Å². The van der Waals surface area contributed by atoms with Crippen molar-refractivity contribution in [2.45, 2.75) is 0 Å². The van der Waals surface area contributed by atoms with Crippen molar-refractivity contribution in [2.75, 3.05) is 52.5 Å². The van der Waals surface area contributed by atoms with Gasteiger partial charge in [0.15, 0.2) is 0 Å². The molecule has 16 heavy (non-hydrogen) atoms. The van der Waals surface area contributed by atoms with Crippen molar-refractivity contribution in [1.29, 1.82) is 0 Å². The Hall–Kier alpha value is -1.00. The minimum Gasteiger partial charge on any atom is -0.378 e. The first-order valence-corrected chi connectivity index (χ1v) is 6.11. The molecule has 3 heterocycles. The molecular formula is C12H19N3O. The van der Waals surface area contributed by atoms with Gasteiger partial charge in [0, 0.05) is 39.3 Å². The number of hydrogen-bond acceptors (Lipinski definition) is 4. The number of rotatable bonds is 1. The van der Waals surface area contributed by atoms with Gasteiger partial charge in [0.05, 0.1) is 13.2 Å². The van der Waals surface area contributed by atoms with Gasteiger partial charge in [0.2, 0.25) is 0 Å². The molecule has 0 radical (unpaired) electrons. The molecule has 0 saturated carbocycles. The lowest BCUT2D eigenvalue weighted by Gasteiger charge is -2.38. The molecule has 0 unspecified atom stereocenters. The SMILES string of the molecule is C1=C2CNCCN(C2)C(N2CCOCC2)=C1. The number of ether oxygens (including phenoxy) is 1. The number of nitrogens with one attached hydrogen (secondary N) is 1. The molecule has 0 aromatic rings. The quantitative estimate of drug-likeness (QED) is 0.675. The number of morpholine rings is 1. The van der Waals surface area contributed by atoms with Crippen LogP contribution in [0.3, 0.4) is 0 Å². The summed E-state index contributed by atoms with van der Waals surface area (Å²) in [5, 5.41) is 3.46. The average Bonchev–Trinajstić information content (AvgIpc) is 2.53. The van der Waals surface area contributed by atoms with Crippen LogP contribution in [0, 0.1) is 0 Å². The van der Waals surface area contributed by atoms with Crippen molar-refractivity contribution in [3.63, 3.8) is 0 Å². The fourth-order valence-electron chi connectivity index (χ4n) is 2.55. The lowest BCUT2D eigenvalue weighted by Crippen LogP contribution is -2.43. The first-order chi connectivity index (χ1) is 7.93. The number of nitrogens with zero attached hydrogens (tertiary/aromatic N) is 2. The minimum absolute atomic E-state index is 0.861. The summed E-state index contributed by atoms with van der Waals surface area (Å²) in [5.41, 5.74) is 1.49. The summed E-state index contributed by atoms with van der Waals surface area (Å²) < 4.78 is 5.40. The molecule has 2 fully saturated rings. The van der Waals surface area contributed by atoms with Crippen LogP contribution in [-0.2, 0) is 4.74 Å². The van der Waals surface area contributed by atoms with Crippen LogP contribution in [-0.4, -0.2) is 62.3 Å². The predicted octanol–water partition coefficient (Wildman–Crippen LogP) is 0.00520. The van der Waals surface area contributed by atoms with Crippen LogP contribution < -0.4 is 5.32 Å². The number of allylic oxidation sites excluding steroid dienone is 2. The molecule has 88 valence electrons. The molecule has 3 aliphatic heterocycles. The molecule has 1 N–H and O–H groups in total. The van der Waals surface area contributed by atoms with E-state index in [0.717, 1.165) is 52.5 Å². The summed E-state index contributed by atoms with van der Waals surface area (Å²) in [4.78, 5) is 4.93. The number of fused-ring (bicyclic) bond motifs is 2. The Labute approximate surface area is 96.5 Å². The van der Waals surface area contributed by atoms with Gasteiger partial charge in [0.25, 0.3) is 0 Å². The third-order valence-corrected chi connectivity index (χ3v) is 3.43. The maximum absolute atomic E-state index is 5.40. The van der Waals surface area contributed by atoms with Gasteiger partial charge in [0.1, 0.15) is 5.82 Å². The number of hydrogen-bond donors (Lipinski definition) is 1. The van der Waals surface area contributed by atoms with Crippen molar-refractivity contribution in [3.05, 3.63) is 23.5 Å². The summed E-state index contributed by atoms with van der Waals surface area (Å²) in [5.74, 6) is 1.38. The van der Waals surface area contributed by atoms with Crippen molar-refractivity contribution >= 4 is 0 Å². The van der Waals surface area contributed by atoms with Gasteiger partial charge in [-0.1, -0.05) is 6.08 Å². The molecule has 0 amide bonds. The monoisotopic (exact) mass is 221 g/mol. The van der Waals surface area contributed by atoms with E-state index in [1.54, 1.807) is 0 Å². The molecule has 2 bridgehead atoms. The Morgan fingerprint density at radius 1 is 1.06 bits per heavy atom. The van der Waals surface area contributed by atoms with Gasteiger partial charge < -0.3 is 19.9 Å². The van der Waals surface area contributed by atoms with E-state index in [4.69, 9.17) is 4.74 Å². The summed E-state index contributed by atoms with van der Waals surface area (Å²) >= 11 is 0. The van der Waals surface area contributed by atoms with Crippen LogP contribution in [0.25, 0.3) is 0 Å². The lowest BCUT2D eigenvalue weighted by molar-refractivity contribution is 0.0386. The van der Waals surface area contributed by atoms with Crippen LogP contribution in [0.2, 0.25) is 0 Å². The summed E-state index contributed by atoms with van der Waals surface area (Å²) in [6.07, 6.45) is 4.55. The zero-order chi connectivity index (χ0) is 10.8. The van der Waals surface area contributed by atoms with Crippen molar-refractivity contribution < 1.29 is 4.74 Å². The first-order valence-electron chi connectivity index (χ1n) is 6.11. The van der Waals surface area contributed by atoms with Gasteiger partial charge in [-0.25, -0.2) is 0 Å². The van der Waals surface area contributed by atoms with E-state index in [9.17, 15) is 0 Å². The fourth-order valence-corrected chi connectivity index (χ4v) is 2.55. The third kappa shape index (κ3) is 1.95. The summed E-state index contributed by atoms with van der Waals surface area (Å²) in [6, 6.07) is 0. The van der Waals surface area contributed by atoms with E-state index >= 15 is 0 Å². The molecule has 3 aliphatic rings. The Morgan fingerprint density at radius 2 is 1.94 bits per heavy atom. The van der Waals surface area contributed by atoms with Crippen LogP contribution >= 0.6 is 0 Å². The molecule has 4 heteroatoms. The van der Waals surface area contributed by atoms with Crippen LogP contribution in [0.4, 0.5) is 0 Å². The highest BCUT2D eigenvalue weighted by Gasteiger charge is 2.23. The molecule has 0 aromatic heterocycles. The molecule has 3 rings (SSSR count). The highest BCUT2D eigenvalue weighted by molar-refractivity contribution is 5.26. The molecule has 4 nitrogen and oxygen atoms in total. The average molecular weight is 221 g/mol. The fraction of sp³-hybridized carbons (Fsp3) is 0.667. The normalized spacial score (nSPS) is 26.0. The molecule has 0 aliphatic carbocycles. The van der Waals surface area contributed by atoms with E-state index in [1.165, 1.54) is 11.4 Å². The third-order valence-electron chi connectivity index (χ3n) is 3.43. The zero-order valence-corrected chi connectivity index (χ0v) is 9.61. The van der Waals surface area contributed by atoms with Crippen LogP contribution in [0.5, 0.6) is 0 Å². The van der Waals surface area contributed by atoms with E-state index in [-0.39, 0.29) is 0 Å². The van der Waals surface area contributed by atoms with Gasteiger partial charge in [-0.15, -0.1) is 0 Å². The Kier molecular flexibility index (Phi) is 2.84. The van der Waals surface area contributed by atoms with E-state index in [0.29, 0.717) is 0 Å². The molecule has 0 aromatic carbocycles. The smallest absolute Gasteiger partial charge is 0.104 e. The highest BCUT2D eigenvalue weighted by atomic mass is 16.5. The van der Waals surface area contributed by atoms with E-state index < -0.39 is 0 Å². The van der Waals surface area contributed by atoms with E-state index in [1.807, 2.05) is 0 Å². The standard InChI is InChI=1S/C12H19N3O/c1-2-12(14-5-7-16-8-6-14)15-4-3-13-9-11(1)10-15/h1-2,13H,3-10H2. The topological polar surface area (TPSA) is 27.7 Å². The highest BCUT2D eigenvalue weighted by Crippen LogP contribution is 2.20. The van der Waals surface area contributed by atoms with Crippen molar-refractivity contribution in [3.8, 4) is 0 Å². The second-order valence-electron chi connectivity index (χ2n) is 4.55. The maximum atomic E-state index is 5.40. The van der Waals surface area contributed by atoms with Crippen molar-refractivity contribution in [2.24, 2.45) is 0 Å². The predicted molar refractivity (Wildman–Crippen MR) is 63.0 cm³/mol. The first kappa shape index (κ1) is 10.2. The Bertz CT molecular complexity index is 314. The van der Waals surface area contributed by atoms with Gasteiger partial charge in [-0.3, -0.25) is 0 Å². The molecule has 2 saturated heterocycles. The lowest BCUT2D eigenvalue weighted by atomic mass is 10.1. The molecule has 0 atom stereocenters. The van der Waals surface area contributed by atoms with Gasteiger partial charge in [-0.2, -0.15) is 0 Å².